The molecular weight excluding hydrogens is 442 g/mol. The second kappa shape index (κ2) is 10.2. The smallest absolute Gasteiger partial charge is 0.270 e. The highest BCUT2D eigenvalue weighted by molar-refractivity contribution is 6.33. The van der Waals surface area contributed by atoms with Gasteiger partial charge in [0, 0.05) is 32.1 Å². The minimum absolute atomic E-state index is 0.0669. The highest BCUT2D eigenvalue weighted by Gasteiger charge is 2.31. The van der Waals surface area contributed by atoms with Crippen LogP contribution >= 0.6 is 11.6 Å². The summed E-state index contributed by atoms with van der Waals surface area (Å²) in [5.41, 5.74) is 1.96. The molecular formula is C23H28ClN7O2. The summed E-state index contributed by atoms with van der Waals surface area (Å²) >= 11 is 6.22. The molecule has 3 aromatic rings. The number of nitrogens with zero attached hydrogens (tertiary/aromatic N) is 5. The molecule has 0 saturated heterocycles. The van der Waals surface area contributed by atoms with Crippen molar-refractivity contribution in [2.45, 2.75) is 44.6 Å². The van der Waals surface area contributed by atoms with Crippen LogP contribution in [0.4, 0.5) is 5.82 Å². The number of aromatic nitrogens is 5. The molecule has 0 bridgehead atoms. The Hall–Kier alpha value is -3.20. The molecule has 0 aliphatic heterocycles. The SMILES string of the molecule is Cn1nccc1C(=O)NC(C(=O)Nc1ccc(-c2c(Cl)cnn2C)cn1)C1CCCCCC1. The van der Waals surface area contributed by atoms with Gasteiger partial charge in [-0.25, -0.2) is 4.98 Å². The Bertz CT molecular complexity index is 1090. The number of hydrogen-bond acceptors (Lipinski definition) is 5. The molecule has 4 rings (SSSR count). The van der Waals surface area contributed by atoms with Crippen molar-refractivity contribution in [1.29, 1.82) is 0 Å². The van der Waals surface area contributed by atoms with Gasteiger partial charge in [0.05, 0.1) is 16.9 Å². The van der Waals surface area contributed by atoms with E-state index in [9.17, 15) is 9.59 Å². The zero-order valence-electron chi connectivity index (χ0n) is 18.8. The molecule has 3 aromatic heterocycles. The van der Waals surface area contributed by atoms with Crippen LogP contribution in [-0.2, 0) is 18.9 Å². The molecule has 10 heteroatoms. The van der Waals surface area contributed by atoms with E-state index in [0.29, 0.717) is 16.5 Å². The molecule has 2 N–H and O–H groups in total. The molecule has 3 heterocycles. The van der Waals surface area contributed by atoms with Gasteiger partial charge in [-0.05, 0) is 37.0 Å². The van der Waals surface area contributed by atoms with E-state index in [1.807, 2.05) is 6.07 Å². The maximum Gasteiger partial charge on any atom is 0.270 e. The monoisotopic (exact) mass is 469 g/mol. The molecule has 0 aromatic carbocycles. The van der Waals surface area contributed by atoms with Gasteiger partial charge < -0.3 is 10.6 Å². The summed E-state index contributed by atoms with van der Waals surface area (Å²) in [6.07, 6.45) is 11.0. The quantitative estimate of drug-likeness (QED) is 0.536. The van der Waals surface area contributed by atoms with Crippen molar-refractivity contribution in [3.63, 3.8) is 0 Å². The summed E-state index contributed by atoms with van der Waals surface area (Å²) in [5.74, 6) is -0.0996. The molecule has 9 nitrogen and oxygen atoms in total. The van der Waals surface area contributed by atoms with Crippen LogP contribution in [0.15, 0.2) is 36.8 Å². The van der Waals surface area contributed by atoms with Gasteiger partial charge in [0.25, 0.3) is 5.91 Å². The van der Waals surface area contributed by atoms with Crippen molar-refractivity contribution in [1.82, 2.24) is 29.9 Å². The summed E-state index contributed by atoms with van der Waals surface area (Å²) in [4.78, 5) is 30.6. The first kappa shape index (κ1) is 23.0. The third kappa shape index (κ3) is 5.24. The van der Waals surface area contributed by atoms with Gasteiger partial charge in [0.2, 0.25) is 5.91 Å². The lowest BCUT2D eigenvalue weighted by atomic mass is 9.91. The number of halogens is 1. The van der Waals surface area contributed by atoms with Gasteiger partial charge in [-0.2, -0.15) is 10.2 Å². The minimum atomic E-state index is -0.654. The van der Waals surface area contributed by atoms with Gasteiger partial charge in [0.15, 0.2) is 0 Å². The van der Waals surface area contributed by atoms with Crippen LogP contribution in [-0.4, -0.2) is 42.4 Å². The lowest BCUT2D eigenvalue weighted by Crippen LogP contribution is -2.49. The second-order valence-electron chi connectivity index (χ2n) is 8.43. The van der Waals surface area contributed by atoms with E-state index < -0.39 is 6.04 Å². The first-order valence-corrected chi connectivity index (χ1v) is 11.6. The number of pyridine rings is 1. The van der Waals surface area contributed by atoms with E-state index in [4.69, 9.17) is 11.6 Å². The van der Waals surface area contributed by atoms with E-state index in [1.54, 1.807) is 49.5 Å². The van der Waals surface area contributed by atoms with Crippen LogP contribution in [0.1, 0.15) is 49.0 Å². The van der Waals surface area contributed by atoms with Crippen LogP contribution in [0.3, 0.4) is 0 Å². The maximum atomic E-state index is 13.3. The van der Waals surface area contributed by atoms with Crippen LogP contribution in [0.2, 0.25) is 5.02 Å². The van der Waals surface area contributed by atoms with Gasteiger partial charge in [-0.1, -0.05) is 37.3 Å². The number of hydrogen-bond donors (Lipinski definition) is 2. The number of carbonyl (C=O) groups is 2. The van der Waals surface area contributed by atoms with E-state index in [0.717, 1.165) is 49.8 Å². The number of nitrogens with one attached hydrogen (secondary N) is 2. The molecule has 1 aliphatic rings. The van der Waals surface area contributed by atoms with Crippen LogP contribution in [0.5, 0.6) is 0 Å². The van der Waals surface area contributed by atoms with Crippen LogP contribution < -0.4 is 10.6 Å². The van der Waals surface area contributed by atoms with Gasteiger partial charge in [-0.3, -0.25) is 19.0 Å². The van der Waals surface area contributed by atoms with Crippen molar-refractivity contribution in [2.24, 2.45) is 20.0 Å². The largest absolute Gasteiger partial charge is 0.339 e. The second-order valence-corrected chi connectivity index (χ2v) is 8.84. The minimum Gasteiger partial charge on any atom is -0.339 e. The Morgan fingerprint density at radius 2 is 1.79 bits per heavy atom. The van der Waals surface area contributed by atoms with Crippen molar-refractivity contribution < 1.29 is 9.59 Å². The Labute approximate surface area is 197 Å². The molecule has 1 atom stereocenters. The fourth-order valence-electron chi connectivity index (χ4n) is 4.40. The average molecular weight is 470 g/mol. The first-order valence-electron chi connectivity index (χ1n) is 11.2. The molecule has 0 spiro atoms. The zero-order chi connectivity index (χ0) is 23.4. The summed E-state index contributed by atoms with van der Waals surface area (Å²) in [6.45, 7) is 0. The fourth-order valence-corrected chi connectivity index (χ4v) is 4.68. The Kier molecular flexibility index (Phi) is 7.08. The molecule has 1 aliphatic carbocycles. The predicted molar refractivity (Wildman–Crippen MR) is 126 cm³/mol. The molecule has 1 saturated carbocycles. The maximum absolute atomic E-state index is 13.3. The van der Waals surface area contributed by atoms with Crippen molar-refractivity contribution in [2.75, 3.05) is 5.32 Å². The van der Waals surface area contributed by atoms with Gasteiger partial charge in [-0.15, -0.1) is 0 Å². The Balaban J connectivity index is 1.52. The number of aryl methyl sites for hydroxylation is 2. The molecule has 1 fully saturated rings. The molecule has 1 unspecified atom stereocenters. The highest BCUT2D eigenvalue weighted by atomic mass is 35.5. The predicted octanol–water partition coefficient (Wildman–Crippen LogP) is 3.58. The first-order chi connectivity index (χ1) is 15.9. The average Bonchev–Trinajstić information content (AvgIpc) is 3.26. The summed E-state index contributed by atoms with van der Waals surface area (Å²) in [5, 5.41) is 14.6. The Morgan fingerprint density at radius 1 is 1.03 bits per heavy atom. The van der Waals surface area contributed by atoms with Crippen LogP contribution in [0.25, 0.3) is 11.3 Å². The van der Waals surface area contributed by atoms with E-state index in [-0.39, 0.29) is 17.7 Å². The van der Waals surface area contributed by atoms with E-state index >= 15 is 0 Å². The lowest BCUT2D eigenvalue weighted by Gasteiger charge is -2.26. The summed E-state index contributed by atoms with van der Waals surface area (Å²) in [7, 11) is 3.51. The summed E-state index contributed by atoms with van der Waals surface area (Å²) in [6, 6.07) is 4.55. The number of rotatable bonds is 6. The molecule has 33 heavy (non-hydrogen) atoms. The normalized spacial score (nSPS) is 15.6. The van der Waals surface area contributed by atoms with Crippen molar-refractivity contribution in [3.8, 4) is 11.3 Å². The highest BCUT2D eigenvalue weighted by Crippen LogP contribution is 2.28. The molecule has 174 valence electrons. The number of anilines is 1. The number of amides is 2. The lowest BCUT2D eigenvalue weighted by molar-refractivity contribution is -0.119. The van der Waals surface area contributed by atoms with Crippen molar-refractivity contribution in [3.05, 3.63) is 47.5 Å². The van der Waals surface area contributed by atoms with Crippen LogP contribution in [0, 0.1) is 5.92 Å². The number of carbonyl (C=O) groups excluding carboxylic acids is 2. The van der Waals surface area contributed by atoms with Gasteiger partial charge >= 0.3 is 0 Å². The summed E-state index contributed by atoms with van der Waals surface area (Å²) < 4.78 is 3.18. The van der Waals surface area contributed by atoms with E-state index in [1.165, 1.54) is 4.68 Å². The van der Waals surface area contributed by atoms with Crippen molar-refractivity contribution >= 4 is 29.2 Å². The fraction of sp³-hybridized carbons (Fsp3) is 0.435. The zero-order valence-corrected chi connectivity index (χ0v) is 19.5. The third-order valence-electron chi connectivity index (χ3n) is 6.18. The molecule has 2 amide bonds. The van der Waals surface area contributed by atoms with Gasteiger partial charge in [0.1, 0.15) is 17.6 Å². The Morgan fingerprint density at radius 3 is 2.36 bits per heavy atom. The third-order valence-corrected chi connectivity index (χ3v) is 6.45. The topological polar surface area (TPSA) is 107 Å². The standard InChI is InChI=1S/C23H28ClN7O2/c1-30-18(11-12-26-30)22(32)29-20(15-7-5-3-4-6-8-15)23(33)28-19-10-9-16(13-25-19)21-17(24)14-27-31(21)2/h9-15,20H,3-8H2,1-2H3,(H,29,32)(H,25,28,33). The molecule has 0 radical (unpaired) electrons. The van der Waals surface area contributed by atoms with E-state index in [2.05, 4.69) is 25.8 Å².